The van der Waals surface area contributed by atoms with E-state index in [-0.39, 0.29) is 0 Å². The molecule has 1 aromatic rings. The molecule has 0 spiro atoms. The van der Waals surface area contributed by atoms with Gasteiger partial charge in [-0.05, 0) is 25.1 Å². The van der Waals surface area contributed by atoms with E-state index in [1.54, 1.807) is 12.1 Å². The third-order valence-corrected chi connectivity index (χ3v) is 2.24. The van der Waals surface area contributed by atoms with Crippen LogP contribution in [0.5, 0.6) is 5.75 Å². The normalized spacial score (nSPS) is 10.0. The van der Waals surface area contributed by atoms with Crippen LogP contribution in [0, 0.1) is 11.3 Å². The van der Waals surface area contributed by atoms with Crippen LogP contribution in [0.25, 0.3) is 0 Å². The molecule has 0 atom stereocenters. The molecule has 0 aliphatic carbocycles. The lowest BCUT2D eigenvalue weighted by Gasteiger charge is -2.07. The predicted octanol–water partition coefficient (Wildman–Crippen LogP) is 2.38. The number of hydrogen-bond acceptors (Lipinski definition) is 4. The molecule has 0 saturated carbocycles. The van der Waals surface area contributed by atoms with Crippen LogP contribution in [0.3, 0.4) is 0 Å². The van der Waals surface area contributed by atoms with Crippen LogP contribution in [0.1, 0.15) is 18.9 Å². The van der Waals surface area contributed by atoms with Crippen molar-refractivity contribution in [2.75, 3.05) is 33.0 Å². The third kappa shape index (κ3) is 6.24. The van der Waals surface area contributed by atoms with Gasteiger partial charge in [-0.15, -0.1) is 0 Å². The molecule has 0 saturated heterocycles. The van der Waals surface area contributed by atoms with Crippen LogP contribution in [0.2, 0.25) is 0 Å². The summed E-state index contributed by atoms with van der Waals surface area (Å²) in [5.74, 6) is 0.725. The van der Waals surface area contributed by atoms with E-state index in [9.17, 15) is 0 Å². The van der Waals surface area contributed by atoms with E-state index in [4.69, 9.17) is 19.5 Å². The molecule has 0 aliphatic rings. The Balaban J connectivity index is 2.05. The molecular weight excluding hydrogens is 230 g/mol. The Morgan fingerprint density at radius 3 is 2.72 bits per heavy atom. The first-order valence-corrected chi connectivity index (χ1v) is 6.15. The summed E-state index contributed by atoms with van der Waals surface area (Å²) in [7, 11) is 0. The molecule has 1 aromatic carbocycles. The summed E-state index contributed by atoms with van der Waals surface area (Å²) in [6.07, 6.45) is 0.822. The van der Waals surface area contributed by atoms with Crippen LogP contribution in [0.4, 0.5) is 0 Å². The first-order chi connectivity index (χ1) is 8.86. The summed E-state index contributed by atoms with van der Waals surface area (Å²) in [6.45, 7) is 5.19. The number of nitrogens with zero attached hydrogens (tertiary/aromatic N) is 1. The average Bonchev–Trinajstić information content (AvgIpc) is 2.42. The SMILES string of the molecule is CCOCCOCCCOc1cccc(C#N)c1. The molecule has 1 rings (SSSR count). The highest BCUT2D eigenvalue weighted by Gasteiger charge is 1.96. The Kier molecular flexibility index (Phi) is 7.61. The van der Waals surface area contributed by atoms with Gasteiger partial charge in [0.15, 0.2) is 0 Å². The number of hydrogen-bond donors (Lipinski definition) is 0. The van der Waals surface area contributed by atoms with Crippen molar-refractivity contribution in [2.45, 2.75) is 13.3 Å². The Morgan fingerprint density at radius 2 is 1.94 bits per heavy atom. The highest BCUT2D eigenvalue weighted by Crippen LogP contribution is 2.12. The van der Waals surface area contributed by atoms with Crippen molar-refractivity contribution >= 4 is 0 Å². The summed E-state index contributed by atoms with van der Waals surface area (Å²) in [4.78, 5) is 0. The van der Waals surface area contributed by atoms with Gasteiger partial charge >= 0.3 is 0 Å². The van der Waals surface area contributed by atoms with Gasteiger partial charge in [-0.25, -0.2) is 0 Å². The number of ether oxygens (including phenoxy) is 3. The van der Waals surface area contributed by atoms with E-state index in [0.717, 1.165) is 18.8 Å². The predicted molar refractivity (Wildman–Crippen MR) is 68.6 cm³/mol. The second kappa shape index (κ2) is 9.46. The lowest BCUT2D eigenvalue weighted by Crippen LogP contribution is -2.07. The monoisotopic (exact) mass is 249 g/mol. The van der Waals surface area contributed by atoms with Gasteiger partial charge in [0, 0.05) is 19.6 Å². The lowest BCUT2D eigenvalue weighted by atomic mass is 10.2. The molecule has 0 aromatic heterocycles. The molecule has 0 N–H and O–H groups in total. The fraction of sp³-hybridized carbons (Fsp3) is 0.500. The maximum Gasteiger partial charge on any atom is 0.120 e. The van der Waals surface area contributed by atoms with E-state index >= 15 is 0 Å². The van der Waals surface area contributed by atoms with Crippen LogP contribution in [-0.2, 0) is 9.47 Å². The maximum absolute atomic E-state index is 8.74. The van der Waals surface area contributed by atoms with Crippen molar-refractivity contribution < 1.29 is 14.2 Å². The average molecular weight is 249 g/mol. The van der Waals surface area contributed by atoms with Crippen LogP contribution in [-0.4, -0.2) is 33.0 Å². The molecule has 18 heavy (non-hydrogen) atoms. The lowest BCUT2D eigenvalue weighted by molar-refractivity contribution is 0.0482. The molecule has 0 unspecified atom stereocenters. The van der Waals surface area contributed by atoms with E-state index < -0.39 is 0 Å². The van der Waals surface area contributed by atoms with Crippen molar-refractivity contribution in [3.8, 4) is 11.8 Å². The van der Waals surface area contributed by atoms with E-state index in [1.807, 2.05) is 19.1 Å². The molecule has 0 fully saturated rings. The maximum atomic E-state index is 8.74. The topological polar surface area (TPSA) is 51.5 Å². The number of nitriles is 1. The highest BCUT2D eigenvalue weighted by molar-refractivity contribution is 5.36. The van der Waals surface area contributed by atoms with Crippen molar-refractivity contribution in [2.24, 2.45) is 0 Å². The largest absolute Gasteiger partial charge is 0.493 e. The summed E-state index contributed by atoms with van der Waals surface area (Å²) >= 11 is 0. The van der Waals surface area contributed by atoms with E-state index in [0.29, 0.717) is 32.0 Å². The fourth-order valence-corrected chi connectivity index (χ4v) is 1.37. The van der Waals surface area contributed by atoms with E-state index in [1.165, 1.54) is 0 Å². The minimum atomic E-state index is 0.587. The molecule has 0 bridgehead atoms. The molecule has 0 heterocycles. The zero-order chi connectivity index (χ0) is 13.1. The Labute approximate surface area is 108 Å². The molecule has 98 valence electrons. The van der Waals surface area contributed by atoms with Crippen molar-refractivity contribution in [1.29, 1.82) is 5.26 Å². The first-order valence-electron chi connectivity index (χ1n) is 6.15. The zero-order valence-electron chi connectivity index (χ0n) is 10.7. The van der Waals surface area contributed by atoms with Gasteiger partial charge in [-0.1, -0.05) is 6.07 Å². The minimum Gasteiger partial charge on any atom is -0.493 e. The van der Waals surface area contributed by atoms with Gasteiger partial charge in [0.05, 0.1) is 31.5 Å². The second-order valence-corrected chi connectivity index (χ2v) is 3.65. The Hall–Kier alpha value is -1.57. The summed E-state index contributed by atoms with van der Waals surface area (Å²) in [5, 5.41) is 8.74. The van der Waals surface area contributed by atoms with E-state index in [2.05, 4.69) is 6.07 Å². The van der Waals surface area contributed by atoms with Crippen LogP contribution in [0.15, 0.2) is 24.3 Å². The Bertz CT molecular complexity index is 374. The molecular formula is C14H19NO3. The smallest absolute Gasteiger partial charge is 0.120 e. The molecule has 4 nitrogen and oxygen atoms in total. The van der Waals surface area contributed by atoms with Gasteiger partial charge in [0.25, 0.3) is 0 Å². The van der Waals surface area contributed by atoms with Gasteiger partial charge < -0.3 is 14.2 Å². The molecule has 0 amide bonds. The van der Waals surface area contributed by atoms with Gasteiger partial charge in [0.2, 0.25) is 0 Å². The quantitative estimate of drug-likeness (QED) is 0.630. The number of benzene rings is 1. The summed E-state index contributed by atoms with van der Waals surface area (Å²) in [5.41, 5.74) is 0.612. The van der Waals surface area contributed by atoms with Crippen LogP contribution >= 0.6 is 0 Å². The van der Waals surface area contributed by atoms with Crippen molar-refractivity contribution in [1.82, 2.24) is 0 Å². The fourth-order valence-electron chi connectivity index (χ4n) is 1.37. The summed E-state index contributed by atoms with van der Waals surface area (Å²) in [6, 6.07) is 9.22. The zero-order valence-corrected chi connectivity index (χ0v) is 10.7. The standard InChI is InChI=1S/C14H19NO3/c1-2-16-9-10-17-7-4-8-18-14-6-3-5-13(11-14)12-15/h3,5-6,11H,2,4,7-10H2,1H3. The first kappa shape index (κ1) is 14.5. The van der Waals surface area contributed by atoms with Crippen LogP contribution < -0.4 is 4.74 Å². The third-order valence-electron chi connectivity index (χ3n) is 2.24. The highest BCUT2D eigenvalue weighted by atomic mass is 16.5. The molecule has 0 aliphatic heterocycles. The Morgan fingerprint density at radius 1 is 1.11 bits per heavy atom. The van der Waals surface area contributed by atoms with Crippen molar-refractivity contribution in [3.63, 3.8) is 0 Å². The second-order valence-electron chi connectivity index (χ2n) is 3.65. The van der Waals surface area contributed by atoms with Gasteiger partial charge in [0.1, 0.15) is 5.75 Å². The van der Waals surface area contributed by atoms with Gasteiger partial charge in [-0.2, -0.15) is 5.26 Å². The van der Waals surface area contributed by atoms with Crippen molar-refractivity contribution in [3.05, 3.63) is 29.8 Å². The number of rotatable bonds is 9. The summed E-state index contributed by atoms with van der Waals surface area (Å²) < 4.78 is 16.0. The molecule has 0 radical (unpaired) electrons. The molecule has 4 heteroatoms. The van der Waals surface area contributed by atoms with Gasteiger partial charge in [-0.3, -0.25) is 0 Å². The minimum absolute atomic E-state index is 0.587.